The first kappa shape index (κ1) is 10.5. The van der Waals surface area contributed by atoms with Gasteiger partial charge in [-0.05, 0) is 19.1 Å². The summed E-state index contributed by atoms with van der Waals surface area (Å²) in [6, 6.07) is 3.62. The third kappa shape index (κ3) is 1.57. The van der Waals surface area contributed by atoms with Crippen molar-refractivity contribution in [3.05, 3.63) is 28.9 Å². The van der Waals surface area contributed by atoms with Crippen LogP contribution in [0.5, 0.6) is 0 Å². The number of nitrogens with two attached hydrogens (primary N) is 1. The Labute approximate surface area is 106 Å². The van der Waals surface area contributed by atoms with Crippen LogP contribution in [0.1, 0.15) is 5.56 Å². The predicted octanol–water partition coefficient (Wildman–Crippen LogP) is 2.42. The molecule has 2 aromatic heterocycles. The lowest BCUT2D eigenvalue weighted by Crippen LogP contribution is -1.98. The molecule has 0 radical (unpaired) electrons. The van der Waals surface area contributed by atoms with E-state index < -0.39 is 0 Å². The van der Waals surface area contributed by atoms with Crippen molar-refractivity contribution in [3.8, 4) is 5.69 Å². The van der Waals surface area contributed by atoms with Crippen LogP contribution >= 0.6 is 23.3 Å². The molecule has 3 aromatic rings. The molecule has 0 aliphatic heterocycles. The van der Waals surface area contributed by atoms with Crippen molar-refractivity contribution in [3.63, 3.8) is 0 Å². The second-order valence-corrected chi connectivity index (χ2v) is 4.61. The van der Waals surface area contributed by atoms with Crippen LogP contribution in [-0.2, 0) is 0 Å². The summed E-state index contributed by atoms with van der Waals surface area (Å²) in [5.74, 6) is 0.487. The Morgan fingerprint density at radius 1 is 1.35 bits per heavy atom. The van der Waals surface area contributed by atoms with E-state index in [4.69, 9.17) is 17.3 Å². The van der Waals surface area contributed by atoms with Crippen LogP contribution in [0.15, 0.2) is 18.3 Å². The summed E-state index contributed by atoms with van der Waals surface area (Å²) < 4.78 is 10.1. The van der Waals surface area contributed by atoms with Gasteiger partial charge in [0, 0.05) is 11.8 Å². The zero-order valence-corrected chi connectivity index (χ0v) is 10.5. The van der Waals surface area contributed by atoms with E-state index in [-0.39, 0.29) is 0 Å². The molecule has 2 heterocycles. The third-order valence-corrected chi connectivity index (χ3v) is 3.36. The van der Waals surface area contributed by atoms with E-state index in [9.17, 15) is 0 Å². The van der Waals surface area contributed by atoms with Crippen LogP contribution in [-0.4, -0.2) is 18.5 Å². The Bertz CT molecular complexity index is 682. The molecule has 0 aliphatic carbocycles. The van der Waals surface area contributed by atoms with Gasteiger partial charge in [0.1, 0.15) is 22.5 Å². The molecule has 3 rings (SSSR count). The molecule has 0 bridgehead atoms. The highest BCUT2D eigenvalue weighted by molar-refractivity contribution is 7.00. The fourth-order valence-corrected chi connectivity index (χ4v) is 2.40. The van der Waals surface area contributed by atoms with Crippen LogP contribution in [0, 0.1) is 6.92 Å². The Kier molecular flexibility index (Phi) is 2.27. The van der Waals surface area contributed by atoms with Gasteiger partial charge in [-0.3, -0.25) is 0 Å². The molecule has 1 aromatic carbocycles. The summed E-state index contributed by atoms with van der Waals surface area (Å²) >= 11 is 7.34. The number of fused-ring (bicyclic) bond motifs is 1. The van der Waals surface area contributed by atoms with Crippen LogP contribution in [0.4, 0.5) is 5.82 Å². The molecule has 0 aliphatic rings. The number of aromatic nitrogens is 4. The average molecular weight is 266 g/mol. The number of nitrogens with zero attached hydrogens (tertiary/aromatic N) is 4. The fourth-order valence-electron chi connectivity index (χ4n) is 1.62. The van der Waals surface area contributed by atoms with Crippen molar-refractivity contribution < 1.29 is 0 Å². The first-order chi connectivity index (χ1) is 8.16. The van der Waals surface area contributed by atoms with Gasteiger partial charge in [-0.2, -0.15) is 13.8 Å². The lowest BCUT2D eigenvalue weighted by molar-refractivity contribution is 0.891. The number of aryl methyl sites for hydroxylation is 1. The Morgan fingerprint density at radius 3 is 2.88 bits per heavy atom. The fraction of sp³-hybridized carbons (Fsp3) is 0.100. The van der Waals surface area contributed by atoms with Gasteiger partial charge in [0.2, 0.25) is 0 Å². The molecule has 5 nitrogen and oxygen atoms in total. The van der Waals surface area contributed by atoms with Gasteiger partial charge in [-0.15, -0.1) is 0 Å². The van der Waals surface area contributed by atoms with E-state index in [1.165, 1.54) is 0 Å². The van der Waals surface area contributed by atoms with Crippen molar-refractivity contribution in [1.29, 1.82) is 0 Å². The molecule has 0 spiro atoms. The molecule has 0 saturated carbocycles. The molecule has 86 valence electrons. The molecule has 7 heteroatoms. The Hall–Kier alpha value is -1.66. The Balaban J connectivity index is 2.35. The summed E-state index contributed by atoms with van der Waals surface area (Å²) in [5.41, 5.74) is 8.91. The van der Waals surface area contributed by atoms with Crippen molar-refractivity contribution in [1.82, 2.24) is 18.5 Å². The smallest absolute Gasteiger partial charge is 0.148 e. The lowest BCUT2D eigenvalue weighted by atomic mass is 10.2. The van der Waals surface area contributed by atoms with Crippen LogP contribution in [0.3, 0.4) is 0 Å². The number of benzene rings is 1. The second kappa shape index (κ2) is 3.68. The highest BCUT2D eigenvalue weighted by atomic mass is 35.5. The number of hydrogen-bond acceptors (Lipinski definition) is 5. The summed E-state index contributed by atoms with van der Waals surface area (Å²) in [6.07, 6.45) is 1.83. The van der Waals surface area contributed by atoms with Gasteiger partial charge in [-0.1, -0.05) is 11.6 Å². The maximum Gasteiger partial charge on any atom is 0.148 e. The van der Waals surface area contributed by atoms with Crippen molar-refractivity contribution in [2.45, 2.75) is 6.92 Å². The second-order valence-electron chi connectivity index (χ2n) is 3.67. The molecule has 0 unspecified atom stereocenters. The topological polar surface area (TPSA) is 69.6 Å². The van der Waals surface area contributed by atoms with Gasteiger partial charge in [-0.25, -0.2) is 4.68 Å². The van der Waals surface area contributed by atoms with E-state index in [0.29, 0.717) is 10.8 Å². The molecule has 17 heavy (non-hydrogen) atoms. The molecular formula is C10H8ClN5S. The van der Waals surface area contributed by atoms with E-state index in [2.05, 4.69) is 13.8 Å². The summed E-state index contributed by atoms with van der Waals surface area (Å²) in [6.45, 7) is 1.90. The third-order valence-electron chi connectivity index (χ3n) is 2.52. The van der Waals surface area contributed by atoms with Crippen LogP contribution in [0.2, 0.25) is 5.02 Å². The number of hydrogen-bond donors (Lipinski definition) is 1. The molecule has 0 saturated heterocycles. The maximum atomic E-state index is 6.19. The van der Waals surface area contributed by atoms with Crippen molar-refractivity contribution in [2.75, 3.05) is 5.73 Å². The average Bonchev–Trinajstić information content (AvgIpc) is 2.86. The predicted molar refractivity (Wildman–Crippen MR) is 68.7 cm³/mol. The zero-order valence-electron chi connectivity index (χ0n) is 8.88. The molecule has 0 amide bonds. The number of halogens is 1. The van der Waals surface area contributed by atoms with Crippen LogP contribution in [0.25, 0.3) is 16.7 Å². The summed E-state index contributed by atoms with van der Waals surface area (Å²) in [4.78, 5) is 0. The van der Waals surface area contributed by atoms with Crippen molar-refractivity contribution >= 4 is 40.2 Å². The number of nitrogen functional groups attached to an aromatic ring is 1. The standard InChI is InChI=1S/C10H8ClN5S/c1-5-4-16(13-10(5)12)9-6(11)2-3-7-8(9)15-17-14-7/h2-4H,1H3,(H2,12,13). The van der Waals surface area contributed by atoms with E-state index >= 15 is 0 Å². The minimum Gasteiger partial charge on any atom is -0.382 e. The number of rotatable bonds is 1. The SMILES string of the molecule is Cc1cn(-c2c(Cl)ccc3nsnc23)nc1N. The van der Waals surface area contributed by atoms with Crippen LogP contribution < -0.4 is 5.73 Å². The zero-order chi connectivity index (χ0) is 12.0. The van der Waals surface area contributed by atoms with Gasteiger partial charge in [0.05, 0.1) is 16.8 Å². The Morgan fingerprint density at radius 2 is 2.18 bits per heavy atom. The summed E-state index contributed by atoms with van der Waals surface area (Å²) in [7, 11) is 0. The number of anilines is 1. The molecule has 2 N–H and O–H groups in total. The minimum atomic E-state index is 0.487. The first-order valence-electron chi connectivity index (χ1n) is 4.89. The van der Waals surface area contributed by atoms with E-state index in [1.807, 2.05) is 19.2 Å². The van der Waals surface area contributed by atoms with Gasteiger partial charge in [0.15, 0.2) is 0 Å². The highest BCUT2D eigenvalue weighted by Gasteiger charge is 2.13. The van der Waals surface area contributed by atoms with Crippen molar-refractivity contribution in [2.24, 2.45) is 0 Å². The monoisotopic (exact) mass is 265 g/mol. The normalized spacial score (nSPS) is 11.2. The minimum absolute atomic E-state index is 0.487. The first-order valence-corrected chi connectivity index (χ1v) is 6.00. The van der Waals surface area contributed by atoms with Gasteiger partial charge < -0.3 is 5.73 Å². The molecule has 0 atom stereocenters. The molecular weight excluding hydrogens is 258 g/mol. The lowest BCUT2D eigenvalue weighted by Gasteiger charge is -2.03. The van der Waals surface area contributed by atoms with Gasteiger partial charge >= 0.3 is 0 Å². The van der Waals surface area contributed by atoms with E-state index in [1.54, 1.807) is 10.7 Å². The van der Waals surface area contributed by atoms with E-state index in [0.717, 1.165) is 34.0 Å². The summed E-state index contributed by atoms with van der Waals surface area (Å²) in [5, 5.41) is 4.79. The van der Waals surface area contributed by atoms with Gasteiger partial charge in [0.25, 0.3) is 0 Å². The quantitative estimate of drug-likeness (QED) is 0.734. The highest BCUT2D eigenvalue weighted by Crippen LogP contribution is 2.28. The largest absolute Gasteiger partial charge is 0.382 e. The molecule has 0 fully saturated rings. The maximum absolute atomic E-state index is 6.19.